The molecular weight excluding hydrogens is 473 g/mol. The molecule has 2 aromatic carbocycles. The standard InChI is InChI=1S/C19H19F3N2O6S2/c1-18(2,31(26,27)13-5-3-4-12(8-13)19(20,21)22)11-23-32(28,29)14-6-7-16-15(9-14)24-17(25)10-30-16/h3-9,23H,10-11H2,1-2H3,(H,24,25). The topological polar surface area (TPSA) is 119 Å². The molecule has 174 valence electrons. The van der Waals surface area contributed by atoms with Gasteiger partial charge in [-0.1, -0.05) is 6.07 Å². The summed E-state index contributed by atoms with van der Waals surface area (Å²) in [6.07, 6.45) is -4.73. The van der Waals surface area contributed by atoms with Crippen LogP contribution in [0.3, 0.4) is 0 Å². The van der Waals surface area contributed by atoms with E-state index in [9.17, 15) is 34.8 Å². The second-order valence-corrected chi connectivity index (χ2v) is 12.0. The number of hydrogen-bond donors (Lipinski definition) is 2. The summed E-state index contributed by atoms with van der Waals surface area (Å²) in [5, 5.41) is 2.46. The number of sulfonamides is 1. The first-order chi connectivity index (χ1) is 14.6. The van der Waals surface area contributed by atoms with Crippen molar-refractivity contribution in [3.63, 3.8) is 0 Å². The molecule has 32 heavy (non-hydrogen) atoms. The van der Waals surface area contributed by atoms with Gasteiger partial charge in [0, 0.05) is 6.54 Å². The van der Waals surface area contributed by atoms with Crippen LogP contribution in [0.25, 0.3) is 0 Å². The maximum absolute atomic E-state index is 13.0. The second-order valence-electron chi connectivity index (χ2n) is 7.61. The summed E-state index contributed by atoms with van der Waals surface area (Å²) < 4.78 is 95.7. The fourth-order valence-corrected chi connectivity index (χ4v) is 5.60. The third-order valence-corrected chi connectivity index (χ3v) is 8.65. The van der Waals surface area contributed by atoms with E-state index in [4.69, 9.17) is 4.74 Å². The van der Waals surface area contributed by atoms with Crippen molar-refractivity contribution in [2.75, 3.05) is 18.5 Å². The Morgan fingerprint density at radius 3 is 2.38 bits per heavy atom. The molecule has 1 aliphatic rings. The summed E-state index contributed by atoms with van der Waals surface area (Å²) in [6.45, 7) is 1.57. The summed E-state index contributed by atoms with van der Waals surface area (Å²) in [4.78, 5) is 10.6. The predicted octanol–water partition coefficient (Wildman–Crippen LogP) is 2.57. The van der Waals surface area contributed by atoms with Crippen molar-refractivity contribution in [1.29, 1.82) is 0 Å². The number of hydrogen-bond acceptors (Lipinski definition) is 6. The number of carbonyl (C=O) groups is 1. The van der Waals surface area contributed by atoms with Gasteiger partial charge in [-0.05, 0) is 50.2 Å². The Balaban J connectivity index is 1.84. The van der Waals surface area contributed by atoms with E-state index in [1.807, 2.05) is 0 Å². The highest BCUT2D eigenvalue weighted by Gasteiger charge is 2.39. The number of fused-ring (bicyclic) bond motifs is 1. The number of benzene rings is 2. The fraction of sp³-hybridized carbons (Fsp3) is 0.316. The first-order valence-electron chi connectivity index (χ1n) is 9.12. The Morgan fingerprint density at radius 1 is 1.03 bits per heavy atom. The smallest absolute Gasteiger partial charge is 0.416 e. The van der Waals surface area contributed by atoms with Crippen LogP contribution in [-0.2, 0) is 30.8 Å². The highest BCUT2D eigenvalue weighted by atomic mass is 32.2. The first-order valence-corrected chi connectivity index (χ1v) is 12.1. The maximum atomic E-state index is 13.0. The number of amides is 1. The van der Waals surface area contributed by atoms with E-state index in [-0.39, 0.29) is 22.9 Å². The molecule has 0 unspecified atom stereocenters. The van der Waals surface area contributed by atoms with Gasteiger partial charge in [-0.3, -0.25) is 4.79 Å². The summed E-state index contributed by atoms with van der Waals surface area (Å²) in [7, 11) is -8.57. The van der Waals surface area contributed by atoms with Gasteiger partial charge in [-0.2, -0.15) is 13.2 Å². The van der Waals surface area contributed by atoms with Crippen molar-refractivity contribution in [1.82, 2.24) is 4.72 Å². The van der Waals surface area contributed by atoms with E-state index in [1.165, 1.54) is 26.0 Å². The van der Waals surface area contributed by atoms with Crippen LogP contribution in [0, 0.1) is 0 Å². The zero-order valence-electron chi connectivity index (χ0n) is 16.9. The zero-order chi connectivity index (χ0) is 23.9. The summed E-state index contributed by atoms with van der Waals surface area (Å²) in [5.74, 6) is -0.190. The molecule has 0 bridgehead atoms. The zero-order valence-corrected chi connectivity index (χ0v) is 18.5. The quantitative estimate of drug-likeness (QED) is 0.640. The highest BCUT2D eigenvalue weighted by molar-refractivity contribution is 7.93. The van der Waals surface area contributed by atoms with E-state index in [0.29, 0.717) is 6.07 Å². The molecule has 0 fully saturated rings. The van der Waals surface area contributed by atoms with Gasteiger partial charge in [0.25, 0.3) is 5.91 Å². The number of rotatable bonds is 6. The first kappa shape index (κ1) is 24.0. The monoisotopic (exact) mass is 492 g/mol. The third-order valence-electron chi connectivity index (χ3n) is 4.78. The van der Waals surface area contributed by atoms with Crippen LogP contribution in [0.2, 0.25) is 0 Å². The molecule has 0 aromatic heterocycles. The van der Waals surface area contributed by atoms with Crippen molar-refractivity contribution >= 4 is 31.5 Å². The van der Waals surface area contributed by atoms with Crippen LogP contribution in [0.15, 0.2) is 52.3 Å². The van der Waals surface area contributed by atoms with Gasteiger partial charge in [-0.25, -0.2) is 21.6 Å². The lowest BCUT2D eigenvalue weighted by Crippen LogP contribution is -2.44. The van der Waals surface area contributed by atoms with Crippen LogP contribution in [0.4, 0.5) is 18.9 Å². The molecular formula is C19H19F3N2O6S2. The molecule has 1 aliphatic heterocycles. The van der Waals surface area contributed by atoms with Crippen molar-refractivity contribution in [2.24, 2.45) is 0 Å². The largest absolute Gasteiger partial charge is 0.482 e. The van der Waals surface area contributed by atoms with Crippen molar-refractivity contribution in [3.8, 4) is 5.75 Å². The Bertz CT molecular complexity index is 1270. The average molecular weight is 492 g/mol. The molecule has 1 amide bonds. The van der Waals surface area contributed by atoms with E-state index in [2.05, 4.69) is 10.0 Å². The minimum atomic E-state index is -4.73. The number of nitrogens with one attached hydrogen (secondary N) is 2. The lowest BCUT2D eigenvalue weighted by atomic mass is 10.2. The predicted molar refractivity (Wildman–Crippen MR) is 108 cm³/mol. The Morgan fingerprint density at radius 2 is 1.72 bits per heavy atom. The highest BCUT2D eigenvalue weighted by Crippen LogP contribution is 2.33. The Kier molecular flexibility index (Phi) is 6.04. The molecule has 1 heterocycles. The van der Waals surface area contributed by atoms with Crippen LogP contribution in [0.1, 0.15) is 19.4 Å². The van der Waals surface area contributed by atoms with E-state index >= 15 is 0 Å². The molecule has 0 saturated carbocycles. The molecule has 8 nitrogen and oxygen atoms in total. The van der Waals surface area contributed by atoms with Crippen LogP contribution < -0.4 is 14.8 Å². The van der Waals surface area contributed by atoms with Crippen molar-refractivity contribution in [3.05, 3.63) is 48.0 Å². The van der Waals surface area contributed by atoms with Crippen LogP contribution >= 0.6 is 0 Å². The molecule has 2 aromatic rings. The minimum Gasteiger partial charge on any atom is -0.482 e. The lowest BCUT2D eigenvalue weighted by molar-refractivity contribution is -0.137. The number of carbonyl (C=O) groups excluding carboxylic acids is 1. The number of sulfone groups is 1. The molecule has 0 aliphatic carbocycles. The van der Waals surface area contributed by atoms with Crippen LogP contribution in [0.5, 0.6) is 5.75 Å². The van der Waals surface area contributed by atoms with Gasteiger partial charge < -0.3 is 10.1 Å². The Hall–Kier alpha value is -2.64. The molecule has 0 spiro atoms. The molecule has 3 rings (SSSR count). The molecule has 2 N–H and O–H groups in total. The lowest BCUT2D eigenvalue weighted by Gasteiger charge is -2.26. The summed E-state index contributed by atoms with van der Waals surface area (Å²) in [5.41, 5.74) is -0.992. The Labute approximate surface area is 182 Å². The van der Waals surface area contributed by atoms with E-state index in [1.54, 1.807) is 0 Å². The van der Waals surface area contributed by atoms with E-state index in [0.717, 1.165) is 24.3 Å². The van der Waals surface area contributed by atoms with Crippen molar-refractivity contribution in [2.45, 2.75) is 34.6 Å². The van der Waals surface area contributed by atoms with Gasteiger partial charge >= 0.3 is 6.18 Å². The van der Waals surface area contributed by atoms with E-state index < -0.39 is 53.7 Å². The van der Waals surface area contributed by atoms with Gasteiger partial charge in [0.15, 0.2) is 16.4 Å². The SMILES string of the molecule is CC(C)(CNS(=O)(=O)c1ccc2c(c1)NC(=O)CO2)S(=O)(=O)c1cccc(C(F)(F)F)c1. The van der Waals surface area contributed by atoms with Crippen molar-refractivity contribution < 1.29 is 39.5 Å². The average Bonchev–Trinajstić information content (AvgIpc) is 2.71. The number of anilines is 1. The third kappa shape index (κ3) is 4.74. The van der Waals surface area contributed by atoms with Gasteiger partial charge in [-0.15, -0.1) is 0 Å². The molecule has 13 heteroatoms. The van der Waals surface area contributed by atoms with Gasteiger partial charge in [0.1, 0.15) is 5.75 Å². The minimum absolute atomic E-state index is 0.139. The summed E-state index contributed by atoms with van der Waals surface area (Å²) in [6, 6.07) is 6.96. The molecule has 0 atom stereocenters. The number of alkyl halides is 3. The second kappa shape index (κ2) is 8.05. The van der Waals surface area contributed by atoms with Crippen LogP contribution in [-0.4, -0.2) is 40.6 Å². The summed E-state index contributed by atoms with van der Waals surface area (Å²) >= 11 is 0. The molecule has 0 saturated heterocycles. The molecule has 0 radical (unpaired) electrons. The normalized spacial score (nSPS) is 15.0. The number of ether oxygens (including phenoxy) is 1. The number of halogens is 3. The maximum Gasteiger partial charge on any atom is 0.416 e. The van der Waals surface area contributed by atoms with Gasteiger partial charge in [0.2, 0.25) is 10.0 Å². The fourth-order valence-electron chi connectivity index (χ4n) is 2.84. The van der Waals surface area contributed by atoms with Gasteiger partial charge in [0.05, 0.1) is 25.8 Å².